The molecule has 0 saturated carbocycles. The molecule has 3 unspecified atom stereocenters. The zero-order valence-corrected chi connectivity index (χ0v) is 11.6. The molecule has 0 spiro atoms. The summed E-state index contributed by atoms with van der Waals surface area (Å²) in [6.07, 6.45) is 5.24. The minimum atomic E-state index is 0.701. The van der Waals surface area contributed by atoms with Crippen LogP contribution in [0.4, 0.5) is 0 Å². The second-order valence-electron chi connectivity index (χ2n) is 5.43. The van der Waals surface area contributed by atoms with E-state index >= 15 is 0 Å². The Labute approximate surface area is 102 Å². The lowest BCUT2D eigenvalue weighted by Gasteiger charge is -2.32. The fourth-order valence-corrected chi connectivity index (χ4v) is 2.64. The summed E-state index contributed by atoms with van der Waals surface area (Å²) < 4.78 is 0. The van der Waals surface area contributed by atoms with E-state index in [4.69, 9.17) is 0 Å². The van der Waals surface area contributed by atoms with Crippen LogP contribution >= 0.6 is 0 Å². The molecule has 0 radical (unpaired) electrons. The van der Waals surface area contributed by atoms with Gasteiger partial charge in [0, 0.05) is 18.6 Å². The van der Waals surface area contributed by atoms with E-state index in [0.29, 0.717) is 6.04 Å². The second-order valence-corrected chi connectivity index (χ2v) is 5.43. The minimum Gasteiger partial charge on any atom is -0.312 e. The van der Waals surface area contributed by atoms with Crippen LogP contribution < -0.4 is 5.32 Å². The topological polar surface area (TPSA) is 15.3 Å². The van der Waals surface area contributed by atoms with E-state index in [1.807, 2.05) is 0 Å². The monoisotopic (exact) mass is 226 g/mol. The summed E-state index contributed by atoms with van der Waals surface area (Å²) in [5, 5.41) is 3.72. The van der Waals surface area contributed by atoms with E-state index in [0.717, 1.165) is 12.0 Å². The Morgan fingerprint density at radius 2 is 2.06 bits per heavy atom. The Morgan fingerprint density at radius 3 is 2.69 bits per heavy atom. The SMILES string of the molecule is CCCC(C)N1CCCNC(C(C)CC)C1. The first-order valence-electron chi connectivity index (χ1n) is 7.16. The molecular formula is C14H30N2. The molecule has 1 heterocycles. The first-order valence-corrected chi connectivity index (χ1v) is 7.16. The number of hydrogen-bond donors (Lipinski definition) is 1. The van der Waals surface area contributed by atoms with Crippen molar-refractivity contribution in [3.63, 3.8) is 0 Å². The van der Waals surface area contributed by atoms with Crippen LogP contribution in [-0.2, 0) is 0 Å². The van der Waals surface area contributed by atoms with E-state index in [1.54, 1.807) is 0 Å². The molecule has 1 aliphatic heterocycles. The largest absolute Gasteiger partial charge is 0.312 e. The molecule has 1 N–H and O–H groups in total. The molecule has 2 nitrogen and oxygen atoms in total. The summed E-state index contributed by atoms with van der Waals surface area (Å²) in [6.45, 7) is 13.1. The molecule has 96 valence electrons. The Morgan fingerprint density at radius 1 is 1.31 bits per heavy atom. The standard InChI is InChI=1S/C14H30N2/c1-5-8-13(4)16-10-7-9-15-14(11-16)12(3)6-2/h12-15H,5-11H2,1-4H3. The quantitative estimate of drug-likeness (QED) is 0.775. The lowest BCUT2D eigenvalue weighted by molar-refractivity contribution is 0.179. The second kappa shape index (κ2) is 7.29. The first kappa shape index (κ1) is 14.0. The van der Waals surface area contributed by atoms with Gasteiger partial charge in [-0.05, 0) is 38.8 Å². The third-order valence-corrected chi connectivity index (χ3v) is 4.12. The maximum atomic E-state index is 3.72. The highest BCUT2D eigenvalue weighted by atomic mass is 15.2. The van der Waals surface area contributed by atoms with E-state index in [-0.39, 0.29) is 0 Å². The van der Waals surface area contributed by atoms with Gasteiger partial charge in [0.25, 0.3) is 0 Å². The molecular weight excluding hydrogens is 196 g/mol. The minimum absolute atomic E-state index is 0.701. The van der Waals surface area contributed by atoms with Gasteiger partial charge in [-0.3, -0.25) is 4.90 Å². The van der Waals surface area contributed by atoms with Crippen molar-refractivity contribution in [3.05, 3.63) is 0 Å². The van der Waals surface area contributed by atoms with E-state index in [1.165, 1.54) is 45.3 Å². The molecule has 0 aromatic heterocycles. The fourth-order valence-electron chi connectivity index (χ4n) is 2.64. The average molecular weight is 226 g/mol. The van der Waals surface area contributed by atoms with Gasteiger partial charge in [-0.15, -0.1) is 0 Å². The smallest absolute Gasteiger partial charge is 0.0220 e. The molecule has 1 saturated heterocycles. The predicted octanol–water partition coefficient (Wildman–Crippen LogP) is 2.89. The van der Waals surface area contributed by atoms with Gasteiger partial charge in [0.05, 0.1) is 0 Å². The highest BCUT2D eigenvalue weighted by molar-refractivity contribution is 4.82. The Kier molecular flexibility index (Phi) is 6.37. The van der Waals surface area contributed by atoms with Crippen LogP contribution in [-0.4, -0.2) is 36.6 Å². The molecule has 0 bridgehead atoms. The molecule has 16 heavy (non-hydrogen) atoms. The highest BCUT2D eigenvalue weighted by Crippen LogP contribution is 2.16. The summed E-state index contributed by atoms with van der Waals surface area (Å²) >= 11 is 0. The zero-order chi connectivity index (χ0) is 12.0. The van der Waals surface area contributed by atoms with Gasteiger partial charge in [0.1, 0.15) is 0 Å². The summed E-state index contributed by atoms with van der Waals surface area (Å²) in [5.74, 6) is 0.800. The van der Waals surface area contributed by atoms with Crippen molar-refractivity contribution in [1.29, 1.82) is 0 Å². The lowest BCUT2D eigenvalue weighted by atomic mass is 9.98. The van der Waals surface area contributed by atoms with Crippen LogP contribution in [0.1, 0.15) is 53.4 Å². The molecule has 3 atom stereocenters. The number of nitrogens with one attached hydrogen (secondary N) is 1. The molecule has 0 amide bonds. The van der Waals surface area contributed by atoms with Crippen molar-refractivity contribution in [3.8, 4) is 0 Å². The third-order valence-electron chi connectivity index (χ3n) is 4.12. The van der Waals surface area contributed by atoms with E-state index < -0.39 is 0 Å². The van der Waals surface area contributed by atoms with Crippen molar-refractivity contribution >= 4 is 0 Å². The molecule has 0 aliphatic carbocycles. The number of nitrogens with zero attached hydrogens (tertiary/aromatic N) is 1. The predicted molar refractivity (Wildman–Crippen MR) is 71.8 cm³/mol. The normalized spacial score (nSPS) is 27.4. The maximum absolute atomic E-state index is 3.72. The van der Waals surface area contributed by atoms with Gasteiger partial charge in [-0.25, -0.2) is 0 Å². The van der Waals surface area contributed by atoms with Crippen LogP contribution in [0, 0.1) is 5.92 Å². The zero-order valence-electron chi connectivity index (χ0n) is 11.6. The summed E-state index contributed by atoms with van der Waals surface area (Å²) in [4.78, 5) is 2.69. The van der Waals surface area contributed by atoms with Crippen molar-refractivity contribution in [2.24, 2.45) is 5.92 Å². The Bertz CT molecular complexity index is 182. The molecule has 1 aliphatic rings. The van der Waals surface area contributed by atoms with Crippen LogP contribution in [0.3, 0.4) is 0 Å². The van der Waals surface area contributed by atoms with Crippen molar-refractivity contribution in [1.82, 2.24) is 10.2 Å². The van der Waals surface area contributed by atoms with Gasteiger partial charge in [0.2, 0.25) is 0 Å². The van der Waals surface area contributed by atoms with Gasteiger partial charge < -0.3 is 5.32 Å². The van der Waals surface area contributed by atoms with E-state index in [2.05, 4.69) is 37.9 Å². The van der Waals surface area contributed by atoms with Crippen LogP contribution in [0.25, 0.3) is 0 Å². The molecule has 2 heteroatoms. The van der Waals surface area contributed by atoms with Crippen molar-refractivity contribution in [2.75, 3.05) is 19.6 Å². The van der Waals surface area contributed by atoms with E-state index in [9.17, 15) is 0 Å². The van der Waals surface area contributed by atoms with Gasteiger partial charge >= 0.3 is 0 Å². The fraction of sp³-hybridized carbons (Fsp3) is 1.00. The number of hydrogen-bond acceptors (Lipinski definition) is 2. The first-order chi connectivity index (χ1) is 7.69. The Balaban J connectivity index is 2.51. The summed E-state index contributed by atoms with van der Waals surface area (Å²) in [5.41, 5.74) is 0. The van der Waals surface area contributed by atoms with Gasteiger partial charge in [-0.1, -0.05) is 33.6 Å². The molecule has 1 rings (SSSR count). The third kappa shape index (κ3) is 4.06. The highest BCUT2D eigenvalue weighted by Gasteiger charge is 2.23. The molecule has 1 fully saturated rings. The summed E-state index contributed by atoms with van der Waals surface area (Å²) in [7, 11) is 0. The molecule has 0 aromatic rings. The lowest BCUT2D eigenvalue weighted by Crippen LogP contribution is -2.44. The average Bonchev–Trinajstić information content (AvgIpc) is 2.54. The van der Waals surface area contributed by atoms with Gasteiger partial charge in [-0.2, -0.15) is 0 Å². The Hall–Kier alpha value is -0.0800. The summed E-state index contributed by atoms with van der Waals surface area (Å²) in [6, 6.07) is 1.46. The van der Waals surface area contributed by atoms with Crippen LogP contribution in [0.15, 0.2) is 0 Å². The maximum Gasteiger partial charge on any atom is 0.0220 e. The van der Waals surface area contributed by atoms with Gasteiger partial charge in [0.15, 0.2) is 0 Å². The van der Waals surface area contributed by atoms with Crippen molar-refractivity contribution in [2.45, 2.75) is 65.5 Å². The van der Waals surface area contributed by atoms with Crippen molar-refractivity contribution < 1.29 is 0 Å². The van der Waals surface area contributed by atoms with Crippen LogP contribution in [0.5, 0.6) is 0 Å². The number of rotatable bonds is 5. The van der Waals surface area contributed by atoms with Crippen LogP contribution in [0.2, 0.25) is 0 Å². The molecule has 0 aromatic carbocycles.